The SMILES string of the molecule is CCSN1CC(CC#N)(n2cc(-c3nc(Nc4ccc(C=O)cc4)nc4[nH]ccc34)cn2)C1. The number of hydrogen-bond acceptors (Lipinski definition) is 8. The first-order valence-corrected chi connectivity index (χ1v) is 11.6. The van der Waals surface area contributed by atoms with Gasteiger partial charge in [-0.1, -0.05) is 18.9 Å². The Bertz CT molecular complexity index is 1330. The molecule has 1 fully saturated rings. The summed E-state index contributed by atoms with van der Waals surface area (Å²) in [6.45, 7) is 3.70. The van der Waals surface area contributed by atoms with Crippen LogP contribution in [0.2, 0.25) is 0 Å². The molecule has 4 heterocycles. The van der Waals surface area contributed by atoms with Gasteiger partial charge in [-0.3, -0.25) is 9.48 Å². The van der Waals surface area contributed by atoms with E-state index in [9.17, 15) is 10.1 Å². The summed E-state index contributed by atoms with van der Waals surface area (Å²) in [6, 6.07) is 11.4. The van der Waals surface area contributed by atoms with E-state index in [4.69, 9.17) is 4.98 Å². The summed E-state index contributed by atoms with van der Waals surface area (Å²) < 4.78 is 4.19. The van der Waals surface area contributed by atoms with Gasteiger partial charge in [0, 0.05) is 53.4 Å². The monoisotopic (exact) mass is 458 g/mol. The summed E-state index contributed by atoms with van der Waals surface area (Å²) in [4.78, 5) is 23.4. The zero-order valence-corrected chi connectivity index (χ0v) is 18.8. The van der Waals surface area contributed by atoms with E-state index in [1.165, 1.54) is 0 Å². The van der Waals surface area contributed by atoms with Gasteiger partial charge in [0.1, 0.15) is 17.5 Å². The van der Waals surface area contributed by atoms with Crippen LogP contribution < -0.4 is 5.32 Å². The van der Waals surface area contributed by atoms with Crippen molar-refractivity contribution in [3.63, 3.8) is 0 Å². The molecule has 0 radical (unpaired) electrons. The lowest BCUT2D eigenvalue weighted by Crippen LogP contribution is -2.60. The first kappa shape index (κ1) is 21.2. The Hall–Kier alpha value is -3.68. The summed E-state index contributed by atoms with van der Waals surface area (Å²) in [7, 11) is 0. The minimum Gasteiger partial charge on any atom is -0.346 e. The molecule has 0 amide bonds. The number of aldehydes is 1. The Balaban J connectivity index is 1.47. The number of carbonyl (C=O) groups is 1. The molecular formula is C23H22N8OS. The number of benzene rings is 1. The smallest absolute Gasteiger partial charge is 0.229 e. The summed E-state index contributed by atoms with van der Waals surface area (Å²) in [5.41, 5.74) is 3.39. The van der Waals surface area contributed by atoms with Crippen LogP contribution in [-0.4, -0.2) is 54.2 Å². The normalized spacial score (nSPS) is 15.2. The van der Waals surface area contributed by atoms with Crippen LogP contribution >= 0.6 is 11.9 Å². The zero-order chi connectivity index (χ0) is 22.8. The van der Waals surface area contributed by atoms with Crippen molar-refractivity contribution in [3.05, 3.63) is 54.5 Å². The highest BCUT2D eigenvalue weighted by atomic mass is 32.2. The molecule has 33 heavy (non-hydrogen) atoms. The maximum Gasteiger partial charge on any atom is 0.229 e. The third kappa shape index (κ3) is 3.97. The van der Waals surface area contributed by atoms with Crippen LogP contribution in [0.25, 0.3) is 22.3 Å². The Morgan fingerprint density at radius 1 is 1.27 bits per heavy atom. The van der Waals surface area contributed by atoms with E-state index in [0.29, 0.717) is 23.6 Å². The van der Waals surface area contributed by atoms with Crippen LogP contribution in [0.5, 0.6) is 0 Å². The molecule has 0 spiro atoms. The summed E-state index contributed by atoms with van der Waals surface area (Å²) in [6.07, 6.45) is 6.82. The van der Waals surface area contributed by atoms with Gasteiger partial charge >= 0.3 is 0 Å². The second-order valence-electron chi connectivity index (χ2n) is 7.95. The minimum absolute atomic E-state index is 0.319. The number of nitriles is 1. The van der Waals surface area contributed by atoms with Crippen molar-refractivity contribution in [3.8, 4) is 17.3 Å². The topological polar surface area (TPSA) is 116 Å². The van der Waals surface area contributed by atoms with E-state index < -0.39 is 0 Å². The molecule has 9 nitrogen and oxygen atoms in total. The number of carbonyl (C=O) groups excluding carboxylic acids is 1. The fourth-order valence-electron chi connectivity index (χ4n) is 4.06. The molecule has 3 aromatic heterocycles. The lowest BCUT2D eigenvalue weighted by molar-refractivity contribution is 0.0812. The molecule has 10 heteroatoms. The van der Waals surface area contributed by atoms with Crippen molar-refractivity contribution in [2.75, 3.05) is 24.2 Å². The molecule has 166 valence electrons. The lowest BCUT2D eigenvalue weighted by Gasteiger charge is -2.48. The number of H-pyrrole nitrogens is 1. The molecule has 0 bridgehead atoms. The fraction of sp³-hybridized carbons (Fsp3) is 0.261. The molecule has 0 unspecified atom stereocenters. The molecule has 1 aliphatic heterocycles. The van der Waals surface area contributed by atoms with Gasteiger partial charge in [-0.25, -0.2) is 9.29 Å². The Morgan fingerprint density at radius 3 is 2.82 bits per heavy atom. The number of hydrogen-bond donors (Lipinski definition) is 2. The second kappa shape index (κ2) is 8.69. The predicted octanol–water partition coefficient (Wildman–Crippen LogP) is 3.97. The van der Waals surface area contributed by atoms with Crippen LogP contribution in [0.4, 0.5) is 11.6 Å². The number of nitrogens with one attached hydrogen (secondary N) is 2. The summed E-state index contributed by atoms with van der Waals surface area (Å²) >= 11 is 1.78. The van der Waals surface area contributed by atoms with Crippen molar-refractivity contribution >= 4 is 40.9 Å². The maximum atomic E-state index is 10.9. The molecule has 0 aliphatic carbocycles. The van der Waals surface area contributed by atoms with Gasteiger partial charge < -0.3 is 10.3 Å². The van der Waals surface area contributed by atoms with E-state index in [2.05, 4.69) is 37.7 Å². The molecule has 2 N–H and O–H groups in total. The van der Waals surface area contributed by atoms with E-state index >= 15 is 0 Å². The van der Waals surface area contributed by atoms with Crippen LogP contribution in [-0.2, 0) is 5.54 Å². The van der Waals surface area contributed by atoms with Crippen molar-refractivity contribution in [2.45, 2.75) is 18.9 Å². The first-order chi connectivity index (χ1) is 16.1. The van der Waals surface area contributed by atoms with Crippen LogP contribution in [0.1, 0.15) is 23.7 Å². The van der Waals surface area contributed by atoms with Gasteiger partial charge in [0.25, 0.3) is 0 Å². The number of aromatic nitrogens is 5. The Kier molecular flexibility index (Phi) is 5.58. The van der Waals surface area contributed by atoms with Crippen molar-refractivity contribution in [2.24, 2.45) is 0 Å². The van der Waals surface area contributed by atoms with Gasteiger partial charge in [-0.15, -0.1) is 0 Å². The van der Waals surface area contributed by atoms with Gasteiger partial charge in [-0.05, 0) is 30.3 Å². The molecule has 1 aliphatic rings. The van der Waals surface area contributed by atoms with Crippen molar-refractivity contribution in [1.82, 2.24) is 29.0 Å². The maximum absolute atomic E-state index is 10.9. The van der Waals surface area contributed by atoms with Gasteiger partial charge in [0.2, 0.25) is 5.95 Å². The van der Waals surface area contributed by atoms with Gasteiger partial charge in [0.05, 0.1) is 24.4 Å². The summed E-state index contributed by atoms with van der Waals surface area (Å²) in [5.74, 6) is 1.44. The third-order valence-electron chi connectivity index (χ3n) is 5.72. The Labute approximate surface area is 195 Å². The number of fused-ring (bicyclic) bond motifs is 1. The molecule has 0 saturated carbocycles. The standard InChI is InChI=1S/C23H22N8OS/c1-2-33-30-14-23(15-30,8-9-24)31-12-17(11-26-31)20-19-7-10-25-21(19)29-22(28-20)27-18-5-3-16(13-32)4-6-18/h3-7,10-13H,2,8,14-15H2,1H3,(H2,25,27,28,29). The average molecular weight is 459 g/mol. The number of anilines is 2. The predicted molar refractivity (Wildman–Crippen MR) is 128 cm³/mol. The van der Waals surface area contributed by atoms with E-state index in [0.717, 1.165) is 47.5 Å². The highest BCUT2D eigenvalue weighted by Crippen LogP contribution is 2.37. The number of nitrogens with zero attached hydrogens (tertiary/aromatic N) is 6. The number of rotatable bonds is 8. The highest BCUT2D eigenvalue weighted by Gasteiger charge is 2.45. The molecule has 1 aromatic carbocycles. The molecule has 0 atom stereocenters. The average Bonchev–Trinajstić information content (AvgIpc) is 3.48. The molecular weight excluding hydrogens is 436 g/mol. The Morgan fingerprint density at radius 2 is 2.09 bits per heavy atom. The van der Waals surface area contributed by atoms with Crippen LogP contribution in [0, 0.1) is 11.3 Å². The molecule has 4 aromatic rings. The highest BCUT2D eigenvalue weighted by molar-refractivity contribution is 7.97. The molecule has 5 rings (SSSR count). The zero-order valence-electron chi connectivity index (χ0n) is 18.0. The van der Waals surface area contributed by atoms with Crippen molar-refractivity contribution in [1.29, 1.82) is 5.26 Å². The van der Waals surface area contributed by atoms with Crippen LogP contribution in [0.15, 0.2) is 48.9 Å². The fourth-order valence-corrected chi connectivity index (χ4v) is 5.09. The van der Waals surface area contributed by atoms with Crippen LogP contribution in [0.3, 0.4) is 0 Å². The largest absolute Gasteiger partial charge is 0.346 e. The lowest BCUT2D eigenvalue weighted by atomic mass is 9.89. The van der Waals surface area contributed by atoms with Gasteiger partial charge in [-0.2, -0.15) is 15.3 Å². The van der Waals surface area contributed by atoms with Gasteiger partial charge in [0.15, 0.2) is 0 Å². The number of aromatic amines is 1. The van der Waals surface area contributed by atoms with E-state index in [1.807, 2.05) is 35.3 Å². The van der Waals surface area contributed by atoms with E-state index in [1.54, 1.807) is 30.3 Å². The van der Waals surface area contributed by atoms with E-state index in [-0.39, 0.29) is 5.54 Å². The first-order valence-electron chi connectivity index (χ1n) is 10.6. The summed E-state index contributed by atoms with van der Waals surface area (Å²) in [5, 5.41) is 18.2. The van der Waals surface area contributed by atoms with Crippen molar-refractivity contribution < 1.29 is 4.79 Å². The quantitative estimate of drug-likeness (QED) is 0.301. The third-order valence-corrected chi connectivity index (χ3v) is 6.60. The molecule has 1 saturated heterocycles. The second-order valence-corrected chi connectivity index (χ2v) is 9.30. The minimum atomic E-state index is -0.319.